The van der Waals surface area contributed by atoms with Gasteiger partial charge >= 0.3 is 0 Å². The molecule has 0 aliphatic carbocycles. The Hall–Kier alpha value is -2.60. The minimum atomic E-state index is -0.393. The van der Waals surface area contributed by atoms with Crippen LogP contribution in [0.4, 0.5) is 0 Å². The van der Waals surface area contributed by atoms with Crippen LogP contribution in [0.25, 0.3) is 10.8 Å². The average Bonchev–Trinajstić information content (AvgIpc) is 2.35. The van der Waals surface area contributed by atoms with Gasteiger partial charge in [-0.1, -0.05) is 18.1 Å². The van der Waals surface area contributed by atoms with Crippen molar-refractivity contribution in [1.82, 2.24) is 5.32 Å². The van der Waals surface area contributed by atoms with Crippen molar-refractivity contribution < 1.29 is 9.59 Å². The molecular formula is C14H7NO2. The number of benzene rings is 2. The molecule has 0 fully saturated rings. The minimum Gasteiger partial charge on any atom is -0.288 e. The molecule has 0 unspecified atom stereocenters. The number of carbonyl (C=O) groups is 2. The highest BCUT2D eigenvalue weighted by atomic mass is 16.2. The number of nitrogens with one attached hydrogen (secondary N) is 1. The Morgan fingerprint density at radius 3 is 2.59 bits per heavy atom. The maximum Gasteiger partial charge on any atom is 0.258 e. The molecule has 2 aromatic carbocycles. The number of amides is 2. The fourth-order valence-corrected chi connectivity index (χ4v) is 2.12. The summed E-state index contributed by atoms with van der Waals surface area (Å²) in [6.45, 7) is 0. The zero-order valence-corrected chi connectivity index (χ0v) is 8.78. The van der Waals surface area contributed by atoms with E-state index in [9.17, 15) is 9.59 Å². The van der Waals surface area contributed by atoms with Crippen LogP contribution in [0.5, 0.6) is 0 Å². The highest BCUT2D eigenvalue weighted by molar-refractivity contribution is 6.25. The first-order valence-corrected chi connectivity index (χ1v) is 5.10. The van der Waals surface area contributed by atoms with Crippen molar-refractivity contribution >= 4 is 22.6 Å². The normalized spacial score (nSPS) is 13.4. The maximum atomic E-state index is 11.8. The van der Waals surface area contributed by atoms with Crippen LogP contribution in [-0.2, 0) is 0 Å². The molecule has 0 saturated carbocycles. The molecule has 0 saturated heterocycles. The smallest absolute Gasteiger partial charge is 0.258 e. The molecule has 0 bridgehead atoms. The first kappa shape index (κ1) is 9.61. The van der Waals surface area contributed by atoms with E-state index >= 15 is 0 Å². The van der Waals surface area contributed by atoms with Crippen molar-refractivity contribution in [2.45, 2.75) is 0 Å². The van der Waals surface area contributed by atoms with Gasteiger partial charge < -0.3 is 0 Å². The van der Waals surface area contributed by atoms with Gasteiger partial charge in [-0.2, -0.15) is 0 Å². The fourth-order valence-electron chi connectivity index (χ4n) is 2.12. The quantitative estimate of drug-likeness (QED) is 0.543. The van der Waals surface area contributed by atoms with Crippen molar-refractivity contribution in [3.05, 3.63) is 47.0 Å². The summed E-state index contributed by atoms with van der Waals surface area (Å²) < 4.78 is 0. The summed E-state index contributed by atoms with van der Waals surface area (Å²) >= 11 is 0. The number of terminal acetylenes is 1. The number of hydrogen-bond donors (Lipinski definition) is 1. The zero-order chi connectivity index (χ0) is 12.0. The van der Waals surface area contributed by atoms with Crippen LogP contribution in [0.1, 0.15) is 26.3 Å². The molecule has 0 radical (unpaired) electrons. The highest BCUT2D eigenvalue weighted by Crippen LogP contribution is 2.27. The van der Waals surface area contributed by atoms with Crippen LogP contribution in [0.15, 0.2) is 30.3 Å². The van der Waals surface area contributed by atoms with E-state index < -0.39 is 5.91 Å². The summed E-state index contributed by atoms with van der Waals surface area (Å²) in [5, 5.41) is 3.80. The molecule has 3 nitrogen and oxygen atoms in total. The van der Waals surface area contributed by atoms with Crippen LogP contribution < -0.4 is 5.32 Å². The summed E-state index contributed by atoms with van der Waals surface area (Å²) in [4.78, 5) is 23.4. The van der Waals surface area contributed by atoms with Crippen molar-refractivity contribution in [1.29, 1.82) is 0 Å². The van der Waals surface area contributed by atoms with Crippen molar-refractivity contribution in [2.24, 2.45) is 0 Å². The molecule has 1 heterocycles. The van der Waals surface area contributed by atoms with Crippen LogP contribution >= 0.6 is 0 Å². The van der Waals surface area contributed by atoms with Crippen LogP contribution in [-0.4, -0.2) is 11.8 Å². The Morgan fingerprint density at radius 1 is 1.06 bits per heavy atom. The number of hydrogen-bond acceptors (Lipinski definition) is 2. The molecule has 0 spiro atoms. The third-order valence-corrected chi connectivity index (χ3v) is 2.86. The lowest BCUT2D eigenvalue weighted by atomic mass is 9.93. The summed E-state index contributed by atoms with van der Waals surface area (Å²) in [5.74, 6) is 1.75. The van der Waals surface area contributed by atoms with E-state index in [-0.39, 0.29) is 5.91 Å². The fraction of sp³-hybridized carbons (Fsp3) is 0. The van der Waals surface area contributed by atoms with Gasteiger partial charge in [-0.25, -0.2) is 0 Å². The Bertz CT molecular complexity index is 723. The topological polar surface area (TPSA) is 46.2 Å². The zero-order valence-electron chi connectivity index (χ0n) is 8.78. The van der Waals surface area contributed by atoms with Gasteiger partial charge in [-0.15, -0.1) is 6.42 Å². The Kier molecular flexibility index (Phi) is 1.81. The molecule has 2 amide bonds. The van der Waals surface area contributed by atoms with Gasteiger partial charge in [0.25, 0.3) is 11.8 Å². The van der Waals surface area contributed by atoms with Crippen molar-refractivity contribution in [3.8, 4) is 12.3 Å². The molecule has 3 heteroatoms. The lowest BCUT2D eigenvalue weighted by Crippen LogP contribution is -2.34. The molecule has 80 valence electrons. The number of imide groups is 1. The van der Waals surface area contributed by atoms with Gasteiger partial charge in [0.2, 0.25) is 0 Å². The maximum absolute atomic E-state index is 11.8. The van der Waals surface area contributed by atoms with Crippen molar-refractivity contribution in [3.63, 3.8) is 0 Å². The second-order valence-electron chi connectivity index (χ2n) is 3.86. The Balaban J connectivity index is 2.53. The number of rotatable bonds is 0. The molecular weight excluding hydrogens is 214 g/mol. The molecule has 3 rings (SSSR count). The number of carbonyl (C=O) groups excluding carboxylic acids is 2. The van der Waals surface area contributed by atoms with Gasteiger partial charge in [0.1, 0.15) is 0 Å². The Labute approximate surface area is 97.4 Å². The average molecular weight is 221 g/mol. The lowest BCUT2D eigenvalue weighted by molar-refractivity contribution is 0.0845. The second-order valence-corrected chi connectivity index (χ2v) is 3.86. The predicted molar refractivity (Wildman–Crippen MR) is 63.7 cm³/mol. The SMILES string of the molecule is C#Cc1cc2c3c(cccc3c1)C(=O)NC2=O. The van der Waals surface area contributed by atoms with E-state index in [4.69, 9.17) is 6.42 Å². The standard InChI is InChI=1S/C14H7NO2/c1-2-8-6-9-4-3-5-10-12(9)11(7-8)14(17)15-13(10)16/h1,3-7H,(H,15,16,17). The first-order valence-electron chi connectivity index (χ1n) is 5.10. The molecule has 0 aromatic heterocycles. The molecule has 0 atom stereocenters. The van der Waals surface area contributed by atoms with Crippen LogP contribution in [0.3, 0.4) is 0 Å². The molecule has 1 aliphatic heterocycles. The van der Waals surface area contributed by atoms with E-state index in [0.29, 0.717) is 22.1 Å². The molecule has 17 heavy (non-hydrogen) atoms. The Morgan fingerprint density at radius 2 is 1.82 bits per heavy atom. The predicted octanol–water partition coefficient (Wildman–Crippen LogP) is 1.70. The van der Waals surface area contributed by atoms with E-state index in [1.54, 1.807) is 24.3 Å². The lowest BCUT2D eigenvalue weighted by Gasteiger charge is -2.16. The van der Waals surface area contributed by atoms with Gasteiger partial charge in [0, 0.05) is 22.1 Å². The van der Waals surface area contributed by atoms with E-state index in [1.165, 1.54) is 0 Å². The third-order valence-electron chi connectivity index (χ3n) is 2.86. The van der Waals surface area contributed by atoms with E-state index in [0.717, 1.165) is 5.39 Å². The second kappa shape index (κ2) is 3.19. The van der Waals surface area contributed by atoms with E-state index in [1.807, 2.05) is 6.07 Å². The van der Waals surface area contributed by atoms with Gasteiger partial charge in [-0.3, -0.25) is 14.9 Å². The minimum absolute atomic E-state index is 0.360. The molecule has 2 aromatic rings. The monoisotopic (exact) mass is 221 g/mol. The summed E-state index contributed by atoms with van der Waals surface area (Å²) in [6.07, 6.45) is 5.34. The van der Waals surface area contributed by atoms with Gasteiger partial charge in [-0.05, 0) is 23.6 Å². The van der Waals surface area contributed by atoms with Crippen LogP contribution in [0, 0.1) is 12.3 Å². The summed E-state index contributed by atoms with van der Waals surface area (Å²) in [7, 11) is 0. The highest BCUT2D eigenvalue weighted by Gasteiger charge is 2.24. The van der Waals surface area contributed by atoms with Crippen molar-refractivity contribution in [2.75, 3.05) is 0 Å². The van der Waals surface area contributed by atoms with Crippen LogP contribution in [0.2, 0.25) is 0 Å². The molecule has 1 N–H and O–H groups in total. The van der Waals surface area contributed by atoms with Gasteiger partial charge in [0.05, 0.1) is 0 Å². The molecule has 1 aliphatic rings. The largest absolute Gasteiger partial charge is 0.288 e. The first-order chi connectivity index (χ1) is 8.20. The van der Waals surface area contributed by atoms with Gasteiger partial charge in [0.15, 0.2) is 0 Å². The summed E-state index contributed by atoms with van der Waals surface area (Å²) in [5.41, 5.74) is 1.61. The summed E-state index contributed by atoms with van der Waals surface area (Å²) in [6, 6.07) is 8.75. The van der Waals surface area contributed by atoms with E-state index in [2.05, 4.69) is 11.2 Å². The third kappa shape index (κ3) is 1.25.